The molecule has 0 aliphatic rings. The van der Waals surface area contributed by atoms with Crippen LogP contribution in [0.2, 0.25) is 0 Å². The van der Waals surface area contributed by atoms with Gasteiger partial charge in [0, 0.05) is 28.5 Å². The molecule has 0 saturated heterocycles. The van der Waals surface area contributed by atoms with Gasteiger partial charge in [0.15, 0.2) is 0 Å². The van der Waals surface area contributed by atoms with Gasteiger partial charge in [-0.05, 0) is 25.1 Å². The van der Waals surface area contributed by atoms with Crippen LogP contribution in [0.25, 0.3) is 0 Å². The second kappa shape index (κ2) is 6.55. The van der Waals surface area contributed by atoms with Crippen LogP contribution in [0.5, 0.6) is 0 Å². The van der Waals surface area contributed by atoms with Gasteiger partial charge in [0.2, 0.25) is 0 Å². The minimum absolute atomic E-state index is 0.274. The topological polar surface area (TPSA) is 71.1 Å². The molecule has 7 heteroatoms. The number of sulfonamides is 1. The summed E-state index contributed by atoms with van der Waals surface area (Å²) < 4.78 is 27.1. The summed E-state index contributed by atoms with van der Waals surface area (Å²) in [5.74, 6) is 0.336. The first-order valence-corrected chi connectivity index (χ1v) is 9.00. The minimum Gasteiger partial charge on any atom is -0.310 e. The Morgan fingerprint density at radius 2 is 2.10 bits per heavy atom. The molecule has 0 saturated carbocycles. The number of rotatable bonds is 6. The number of thiophene rings is 1. The fourth-order valence-electron chi connectivity index (χ4n) is 1.70. The van der Waals surface area contributed by atoms with E-state index in [1.165, 1.54) is 11.3 Å². The van der Waals surface area contributed by atoms with Gasteiger partial charge in [-0.2, -0.15) is 0 Å². The van der Waals surface area contributed by atoms with Crippen molar-refractivity contribution in [2.45, 2.75) is 38.3 Å². The quantitative estimate of drug-likeness (QED) is 0.857. The van der Waals surface area contributed by atoms with Gasteiger partial charge in [0.1, 0.15) is 5.82 Å². The Morgan fingerprint density at radius 1 is 1.33 bits per heavy atom. The number of aromatic nitrogens is 1. The van der Waals surface area contributed by atoms with E-state index in [-0.39, 0.29) is 4.90 Å². The lowest BCUT2D eigenvalue weighted by molar-refractivity contribution is 0.592. The first-order valence-electron chi connectivity index (χ1n) is 6.64. The lowest BCUT2D eigenvalue weighted by Crippen LogP contribution is -2.21. The molecule has 2 aromatic heterocycles. The summed E-state index contributed by atoms with van der Waals surface area (Å²) in [4.78, 5) is 5.41. The summed E-state index contributed by atoms with van der Waals surface area (Å²) in [5, 5.41) is 4.91. The van der Waals surface area contributed by atoms with Crippen molar-refractivity contribution in [2.24, 2.45) is 0 Å². The summed E-state index contributed by atoms with van der Waals surface area (Å²) in [6, 6.07) is 7.28. The van der Waals surface area contributed by atoms with Gasteiger partial charge in [-0.25, -0.2) is 13.4 Å². The van der Waals surface area contributed by atoms with Gasteiger partial charge in [0.05, 0.1) is 4.90 Å². The van der Waals surface area contributed by atoms with Gasteiger partial charge < -0.3 is 5.32 Å². The summed E-state index contributed by atoms with van der Waals surface area (Å²) in [6.07, 6.45) is 0. The lowest BCUT2D eigenvalue weighted by Gasteiger charge is -2.06. The third-order valence-electron chi connectivity index (χ3n) is 2.75. The molecule has 0 fully saturated rings. The molecule has 0 aliphatic heterocycles. The highest BCUT2D eigenvalue weighted by Gasteiger charge is 2.17. The van der Waals surface area contributed by atoms with Gasteiger partial charge in [-0.15, -0.1) is 11.3 Å². The van der Waals surface area contributed by atoms with Crippen molar-refractivity contribution in [1.82, 2.24) is 10.3 Å². The monoisotopic (exact) mass is 325 g/mol. The van der Waals surface area contributed by atoms with Crippen LogP contribution >= 0.6 is 11.3 Å². The maximum atomic E-state index is 12.3. The number of aryl methyl sites for hydroxylation is 1. The maximum Gasteiger partial charge on any atom is 0.263 e. The maximum absolute atomic E-state index is 12.3. The average Bonchev–Trinajstić information content (AvgIpc) is 2.85. The summed E-state index contributed by atoms with van der Waals surface area (Å²) in [7, 11) is -3.58. The van der Waals surface area contributed by atoms with Gasteiger partial charge in [-0.3, -0.25) is 4.72 Å². The zero-order valence-corrected chi connectivity index (χ0v) is 13.9. The first-order chi connectivity index (χ1) is 9.87. The van der Waals surface area contributed by atoms with Gasteiger partial charge >= 0.3 is 0 Å². The van der Waals surface area contributed by atoms with Crippen LogP contribution in [0.15, 0.2) is 34.5 Å². The Kier molecular flexibility index (Phi) is 4.97. The predicted molar refractivity (Wildman–Crippen MR) is 86.1 cm³/mol. The van der Waals surface area contributed by atoms with Crippen LogP contribution in [0, 0.1) is 6.92 Å². The lowest BCUT2D eigenvalue weighted by atomic mass is 10.4. The molecular formula is C14H19N3O2S2. The molecule has 0 aromatic carbocycles. The molecule has 0 radical (unpaired) electrons. The van der Waals surface area contributed by atoms with Crippen molar-refractivity contribution in [2.75, 3.05) is 4.72 Å². The SMILES string of the molecule is Cc1cccc(NS(=O)(=O)c2csc(CNC(C)C)c2)n1. The number of nitrogens with one attached hydrogen (secondary N) is 2. The molecule has 0 atom stereocenters. The molecule has 21 heavy (non-hydrogen) atoms. The molecular weight excluding hydrogens is 306 g/mol. The van der Waals surface area contributed by atoms with Crippen molar-refractivity contribution < 1.29 is 8.42 Å². The second-order valence-corrected chi connectivity index (χ2v) is 7.73. The molecule has 0 bridgehead atoms. The van der Waals surface area contributed by atoms with Crippen molar-refractivity contribution >= 4 is 27.2 Å². The van der Waals surface area contributed by atoms with E-state index in [2.05, 4.69) is 28.9 Å². The average molecular weight is 325 g/mol. The summed E-state index contributed by atoms with van der Waals surface area (Å²) >= 11 is 1.43. The Balaban J connectivity index is 2.12. The minimum atomic E-state index is -3.58. The zero-order chi connectivity index (χ0) is 15.5. The van der Waals surface area contributed by atoms with Crippen molar-refractivity contribution in [3.05, 3.63) is 40.2 Å². The Labute approximate surface area is 129 Å². The molecule has 0 spiro atoms. The van der Waals surface area contributed by atoms with Gasteiger partial charge in [-0.1, -0.05) is 19.9 Å². The summed E-state index contributed by atoms with van der Waals surface area (Å²) in [5.41, 5.74) is 0.766. The summed E-state index contributed by atoms with van der Waals surface area (Å²) in [6.45, 7) is 6.59. The Bertz CT molecular complexity index is 709. The fraction of sp³-hybridized carbons (Fsp3) is 0.357. The van der Waals surface area contributed by atoms with Crippen LogP contribution < -0.4 is 10.0 Å². The third-order valence-corrected chi connectivity index (χ3v) is 5.17. The Hall–Kier alpha value is -1.44. The fourth-order valence-corrected chi connectivity index (χ4v) is 3.92. The zero-order valence-electron chi connectivity index (χ0n) is 12.3. The van der Waals surface area contributed by atoms with Crippen molar-refractivity contribution in [3.63, 3.8) is 0 Å². The van der Waals surface area contributed by atoms with Crippen LogP contribution in [-0.2, 0) is 16.6 Å². The molecule has 114 valence electrons. The van der Waals surface area contributed by atoms with E-state index in [0.717, 1.165) is 10.6 Å². The van der Waals surface area contributed by atoms with Crippen molar-refractivity contribution in [3.8, 4) is 0 Å². The van der Waals surface area contributed by atoms with Crippen LogP contribution in [-0.4, -0.2) is 19.4 Å². The van der Waals surface area contributed by atoms with E-state index in [1.807, 2.05) is 13.0 Å². The first kappa shape index (κ1) is 15.9. The van der Waals surface area contributed by atoms with E-state index in [4.69, 9.17) is 0 Å². The predicted octanol–water partition coefficient (Wildman–Crippen LogP) is 2.75. The highest BCUT2D eigenvalue weighted by atomic mass is 32.2. The number of hydrogen-bond donors (Lipinski definition) is 2. The normalized spacial score (nSPS) is 11.8. The molecule has 2 aromatic rings. The number of hydrogen-bond acceptors (Lipinski definition) is 5. The van der Waals surface area contributed by atoms with Crippen molar-refractivity contribution in [1.29, 1.82) is 0 Å². The smallest absolute Gasteiger partial charge is 0.263 e. The number of pyridine rings is 1. The Morgan fingerprint density at radius 3 is 2.76 bits per heavy atom. The van der Waals surface area contributed by atoms with E-state index in [9.17, 15) is 8.42 Å². The van der Waals surface area contributed by atoms with E-state index >= 15 is 0 Å². The molecule has 5 nitrogen and oxygen atoms in total. The highest BCUT2D eigenvalue weighted by Crippen LogP contribution is 2.21. The van der Waals surface area contributed by atoms with Crippen LogP contribution in [0.1, 0.15) is 24.4 Å². The number of nitrogens with zero attached hydrogens (tertiary/aromatic N) is 1. The van der Waals surface area contributed by atoms with Gasteiger partial charge in [0.25, 0.3) is 10.0 Å². The largest absolute Gasteiger partial charge is 0.310 e. The molecule has 2 N–H and O–H groups in total. The van der Waals surface area contributed by atoms with E-state index in [1.54, 1.807) is 23.6 Å². The number of anilines is 1. The van der Waals surface area contributed by atoms with E-state index < -0.39 is 10.0 Å². The van der Waals surface area contributed by atoms with Crippen LogP contribution in [0.3, 0.4) is 0 Å². The molecule has 0 aliphatic carbocycles. The highest BCUT2D eigenvalue weighted by molar-refractivity contribution is 7.92. The van der Waals surface area contributed by atoms with E-state index in [0.29, 0.717) is 18.4 Å². The third kappa shape index (κ3) is 4.52. The standard InChI is InChI=1S/C14H19N3O2S2/c1-10(2)15-8-12-7-13(9-20-12)21(18,19)17-14-6-4-5-11(3)16-14/h4-7,9-10,15H,8H2,1-3H3,(H,16,17). The van der Waals surface area contributed by atoms with Crippen LogP contribution in [0.4, 0.5) is 5.82 Å². The molecule has 2 heterocycles. The molecule has 0 unspecified atom stereocenters. The molecule has 2 rings (SSSR count). The molecule has 0 amide bonds. The second-order valence-electron chi connectivity index (χ2n) is 5.05.